The van der Waals surface area contributed by atoms with Gasteiger partial charge in [-0.05, 0) is 23.3 Å². The summed E-state index contributed by atoms with van der Waals surface area (Å²) in [6.45, 7) is 4.00. The summed E-state index contributed by atoms with van der Waals surface area (Å²) in [6.07, 6.45) is 1.05. The van der Waals surface area contributed by atoms with Crippen molar-refractivity contribution in [2.45, 2.75) is 27.7 Å². The zero-order valence-electron chi connectivity index (χ0n) is 10.8. The molecule has 1 aliphatic rings. The highest BCUT2D eigenvalue weighted by Gasteiger charge is 2.17. The summed E-state index contributed by atoms with van der Waals surface area (Å²) < 4.78 is 0. The van der Waals surface area contributed by atoms with Gasteiger partial charge in [0.1, 0.15) is 0 Å². The van der Waals surface area contributed by atoms with Crippen molar-refractivity contribution in [1.82, 2.24) is 0 Å². The summed E-state index contributed by atoms with van der Waals surface area (Å²) in [5.41, 5.74) is 5.49. The third-order valence-electron chi connectivity index (χ3n) is 3.09. The molecule has 18 heavy (non-hydrogen) atoms. The second-order valence-corrected chi connectivity index (χ2v) is 3.99. The smallest absolute Gasteiger partial charge is 0.0444 e. The molecule has 0 radical (unpaired) electrons. The molecule has 1 nitrogen and oxygen atoms in total. The van der Waals surface area contributed by atoms with Gasteiger partial charge in [-0.1, -0.05) is 57.7 Å². The molecule has 1 aliphatic heterocycles. The molecule has 2 aromatic carbocycles. The monoisotopic (exact) mass is 241 g/mol. The second kappa shape index (κ2) is 6.25. The number of hydrogen-bond donors (Lipinski definition) is 0. The molecule has 0 N–H and O–H groups in total. The fraction of sp³-hybridized carbons (Fsp3) is 0.294. The Labute approximate surface area is 111 Å². The fourth-order valence-corrected chi connectivity index (χ4v) is 2.31. The molecule has 0 saturated heterocycles. The maximum absolute atomic E-state index is 2.27. The molecule has 0 aliphatic carbocycles. The lowest BCUT2D eigenvalue weighted by atomic mass is 9.96. The quantitative estimate of drug-likeness (QED) is 0.626. The van der Waals surface area contributed by atoms with Crippen molar-refractivity contribution in [3.05, 3.63) is 59.7 Å². The van der Waals surface area contributed by atoms with Gasteiger partial charge >= 0.3 is 0 Å². The van der Waals surface area contributed by atoms with Crippen molar-refractivity contribution >= 4 is 11.4 Å². The van der Waals surface area contributed by atoms with E-state index in [9.17, 15) is 0 Å². The Morgan fingerprint density at radius 2 is 1.17 bits per heavy atom. The van der Waals surface area contributed by atoms with Crippen molar-refractivity contribution in [1.29, 1.82) is 0 Å². The maximum atomic E-state index is 2.27. The molecule has 3 rings (SSSR count). The maximum Gasteiger partial charge on any atom is 0.0444 e. The lowest BCUT2D eigenvalue weighted by Gasteiger charge is -2.29. The number of rotatable bonds is 0. The van der Waals surface area contributed by atoms with Crippen LogP contribution in [0, 0.1) is 0 Å². The molecule has 96 valence electrons. The van der Waals surface area contributed by atoms with Crippen LogP contribution < -0.4 is 4.90 Å². The standard InChI is InChI=1S/C14H13N.C2H6.CH4/c1-15-13-8-4-2-6-11(13)10-12-7-3-5-9-14(12)15;1-2;/h2-9H,10H2,1H3;1-2H3;1H4. The predicted molar refractivity (Wildman–Crippen MR) is 81.8 cm³/mol. The average molecular weight is 241 g/mol. The van der Waals surface area contributed by atoms with Gasteiger partial charge < -0.3 is 4.90 Å². The van der Waals surface area contributed by atoms with E-state index in [1.54, 1.807) is 0 Å². The van der Waals surface area contributed by atoms with Gasteiger partial charge in [0, 0.05) is 24.8 Å². The minimum atomic E-state index is 0. The van der Waals surface area contributed by atoms with E-state index in [4.69, 9.17) is 0 Å². The van der Waals surface area contributed by atoms with Crippen LogP contribution in [0.2, 0.25) is 0 Å². The third-order valence-corrected chi connectivity index (χ3v) is 3.09. The first-order valence-corrected chi connectivity index (χ1v) is 6.26. The zero-order chi connectivity index (χ0) is 12.3. The van der Waals surface area contributed by atoms with E-state index in [-0.39, 0.29) is 7.43 Å². The highest BCUT2D eigenvalue weighted by atomic mass is 15.1. The predicted octanol–water partition coefficient (Wildman–Crippen LogP) is 5.02. The van der Waals surface area contributed by atoms with E-state index in [0.29, 0.717) is 0 Å². The van der Waals surface area contributed by atoms with Gasteiger partial charge in [0.2, 0.25) is 0 Å². The van der Waals surface area contributed by atoms with Crippen LogP contribution in [0.25, 0.3) is 0 Å². The van der Waals surface area contributed by atoms with Crippen LogP contribution in [0.1, 0.15) is 32.4 Å². The van der Waals surface area contributed by atoms with Crippen molar-refractivity contribution in [2.75, 3.05) is 11.9 Å². The Bertz CT molecular complexity index is 457. The van der Waals surface area contributed by atoms with E-state index in [0.717, 1.165) is 6.42 Å². The summed E-state index contributed by atoms with van der Waals surface area (Å²) in [5.74, 6) is 0. The number of hydrogen-bond acceptors (Lipinski definition) is 1. The molecule has 2 aromatic rings. The Morgan fingerprint density at radius 1 is 0.778 bits per heavy atom. The number of para-hydroxylation sites is 2. The summed E-state index contributed by atoms with van der Waals surface area (Å²) in [5, 5.41) is 0. The summed E-state index contributed by atoms with van der Waals surface area (Å²) in [7, 11) is 2.14. The topological polar surface area (TPSA) is 3.24 Å². The molecular formula is C17H23N. The molecule has 0 bridgehead atoms. The fourth-order valence-electron chi connectivity index (χ4n) is 2.31. The lowest BCUT2D eigenvalue weighted by Crippen LogP contribution is -2.18. The molecule has 0 aromatic heterocycles. The van der Waals surface area contributed by atoms with E-state index < -0.39 is 0 Å². The molecule has 0 amide bonds. The molecular weight excluding hydrogens is 218 g/mol. The minimum absolute atomic E-state index is 0. The summed E-state index contributed by atoms with van der Waals surface area (Å²) in [6, 6.07) is 17.2. The van der Waals surface area contributed by atoms with Crippen LogP contribution in [0.5, 0.6) is 0 Å². The average Bonchev–Trinajstić information content (AvgIpc) is 2.41. The molecule has 0 atom stereocenters. The Balaban J connectivity index is 0.000000516. The molecule has 1 heteroatoms. The lowest BCUT2D eigenvalue weighted by molar-refractivity contribution is 1.06. The van der Waals surface area contributed by atoms with Crippen molar-refractivity contribution in [2.24, 2.45) is 0 Å². The van der Waals surface area contributed by atoms with E-state index in [2.05, 4.69) is 60.5 Å². The van der Waals surface area contributed by atoms with Gasteiger partial charge in [-0.15, -0.1) is 0 Å². The molecule has 0 saturated carbocycles. The van der Waals surface area contributed by atoms with Gasteiger partial charge in [-0.3, -0.25) is 0 Å². The van der Waals surface area contributed by atoms with E-state index >= 15 is 0 Å². The number of fused-ring (bicyclic) bond motifs is 2. The van der Waals surface area contributed by atoms with Gasteiger partial charge in [0.15, 0.2) is 0 Å². The van der Waals surface area contributed by atoms with Crippen LogP contribution in [-0.2, 0) is 6.42 Å². The Kier molecular flexibility index (Phi) is 4.96. The van der Waals surface area contributed by atoms with Gasteiger partial charge in [0.25, 0.3) is 0 Å². The first kappa shape index (κ1) is 14.3. The molecule has 0 unspecified atom stereocenters. The molecule has 0 spiro atoms. The van der Waals surface area contributed by atoms with Crippen molar-refractivity contribution in [3.8, 4) is 0 Å². The SMILES string of the molecule is C.CC.CN1c2ccccc2Cc2ccccc21. The third kappa shape index (κ3) is 2.40. The second-order valence-electron chi connectivity index (χ2n) is 3.99. The normalized spacial score (nSPS) is 11.4. The number of benzene rings is 2. The highest BCUT2D eigenvalue weighted by Crippen LogP contribution is 2.36. The zero-order valence-corrected chi connectivity index (χ0v) is 10.8. The van der Waals surface area contributed by atoms with Crippen LogP contribution in [0.4, 0.5) is 11.4 Å². The molecule has 1 heterocycles. The first-order valence-electron chi connectivity index (χ1n) is 6.26. The Hall–Kier alpha value is -1.76. The van der Waals surface area contributed by atoms with Crippen molar-refractivity contribution in [3.63, 3.8) is 0 Å². The van der Waals surface area contributed by atoms with Crippen LogP contribution >= 0.6 is 0 Å². The number of nitrogens with zero attached hydrogens (tertiary/aromatic N) is 1. The summed E-state index contributed by atoms with van der Waals surface area (Å²) in [4.78, 5) is 2.27. The van der Waals surface area contributed by atoms with Gasteiger partial charge in [0.05, 0.1) is 0 Å². The largest absolute Gasteiger partial charge is 0.344 e. The first-order chi connectivity index (χ1) is 8.36. The van der Waals surface area contributed by atoms with Crippen LogP contribution in [0.3, 0.4) is 0 Å². The molecule has 0 fully saturated rings. The van der Waals surface area contributed by atoms with E-state index in [1.807, 2.05) is 13.8 Å². The van der Waals surface area contributed by atoms with Crippen LogP contribution in [0.15, 0.2) is 48.5 Å². The van der Waals surface area contributed by atoms with Crippen molar-refractivity contribution < 1.29 is 0 Å². The highest BCUT2D eigenvalue weighted by molar-refractivity contribution is 5.73. The summed E-state index contributed by atoms with van der Waals surface area (Å²) >= 11 is 0. The van der Waals surface area contributed by atoms with Gasteiger partial charge in [-0.25, -0.2) is 0 Å². The van der Waals surface area contributed by atoms with Crippen LogP contribution in [-0.4, -0.2) is 7.05 Å². The van der Waals surface area contributed by atoms with Gasteiger partial charge in [-0.2, -0.15) is 0 Å². The van der Waals surface area contributed by atoms with E-state index in [1.165, 1.54) is 22.5 Å². The minimum Gasteiger partial charge on any atom is -0.344 e. The Morgan fingerprint density at radius 3 is 1.61 bits per heavy atom. The number of anilines is 2.